The highest BCUT2D eigenvalue weighted by atomic mass is 35.5. The van der Waals surface area contributed by atoms with Crippen molar-refractivity contribution in [2.24, 2.45) is 0 Å². The van der Waals surface area contributed by atoms with Gasteiger partial charge in [0.2, 0.25) is 0 Å². The van der Waals surface area contributed by atoms with E-state index in [2.05, 4.69) is 36.9 Å². The fourth-order valence-electron chi connectivity index (χ4n) is 2.79. The third-order valence-corrected chi connectivity index (χ3v) is 4.23. The molecular formula is C19H24ClNO. The van der Waals surface area contributed by atoms with Gasteiger partial charge in [0.05, 0.1) is 12.6 Å². The van der Waals surface area contributed by atoms with Crippen LogP contribution in [0, 0.1) is 0 Å². The Hall–Kier alpha value is -1.51. The third-order valence-electron chi connectivity index (χ3n) is 3.88. The second kappa shape index (κ2) is 8.21. The lowest BCUT2D eigenvalue weighted by Crippen LogP contribution is -2.29. The van der Waals surface area contributed by atoms with Crippen LogP contribution in [0.1, 0.15) is 37.9 Å². The molecule has 3 heteroatoms. The third kappa shape index (κ3) is 3.82. The van der Waals surface area contributed by atoms with E-state index in [1.54, 1.807) is 0 Å². The first-order valence-corrected chi connectivity index (χ1v) is 8.30. The molecule has 0 bridgehead atoms. The van der Waals surface area contributed by atoms with E-state index < -0.39 is 0 Å². The van der Waals surface area contributed by atoms with E-state index in [0.29, 0.717) is 6.61 Å². The Morgan fingerprint density at radius 2 is 1.59 bits per heavy atom. The van der Waals surface area contributed by atoms with Gasteiger partial charge in [-0.25, -0.2) is 0 Å². The Bertz CT molecular complexity index is 578. The maximum atomic E-state index is 6.46. The van der Waals surface area contributed by atoms with Crippen LogP contribution in [0.4, 0.5) is 0 Å². The van der Waals surface area contributed by atoms with Crippen LogP contribution in [0.25, 0.3) is 0 Å². The Morgan fingerprint density at radius 1 is 0.955 bits per heavy atom. The van der Waals surface area contributed by atoms with Gasteiger partial charge in [0, 0.05) is 5.02 Å². The van der Waals surface area contributed by atoms with E-state index in [-0.39, 0.29) is 6.04 Å². The van der Waals surface area contributed by atoms with Gasteiger partial charge in [0.1, 0.15) is 5.75 Å². The van der Waals surface area contributed by atoms with Crippen LogP contribution in [0.3, 0.4) is 0 Å². The van der Waals surface area contributed by atoms with E-state index in [1.165, 1.54) is 5.56 Å². The van der Waals surface area contributed by atoms with Crippen LogP contribution in [0.15, 0.2) is 48.5 Å². The lowest BCUT2D eigenvalue weighted by molar-refractivity contribution is 0.250. The second-order valence-corrected chi connectivity index (χ2v) is 5.55. The Labute approximate surface area is 138 Å². The largest absolute Gasteiger partial charge is 0.494 e. The number of halogens is 1. The zero-order valence-corrected chi connectivity index (χ0v) is 14.3. The minimum Gasteiger partial charge on any atom is -0.494 e. The molecule has 2 aromatic rings. The van der Waals surface area contributed by atoms with Gasteiger partial charge in [-0.05, 0) is 49.3 Å². The predicted octanol–water partition coefficient (Wildman–Crippen LogP) is 5.17. The molecule has 118 valence electrons. The quantitative estimate of drug-likeness (QED) is 0.698. The van der Waals surface area contributed by atoms with Crippen LogP contribution in [-0.4, -0.2) is 24.6 Å². The summed E-state index contributed by atoms with van der Waals surface area (Å²) in [4.78, 5) is 2.41. The number of nitrogens with zero attached hydrogens (tertiary/aromatic N) is 1. The summed E-state index contributed by atoms with van der Waals surface area (Å²) in [5, 5.41) is 0.813. The number of ether oxygens (including phenoxy) is 1. The summed E-state index contributed by atoms with van der Waals surface area (Å²) in [6.45, 7) is 8.99. The minimum atomic E-state index is 0.166. The SMILES string of the molecule is CCOc1ccc(C(c2ccccc2Cl)N(CC)CC)cc1. The zero-order chi connectivity index (χ0) is 15.9. The van der Waals surface area contributed by atoms with Gasteiger partial charge in [-0.15, -0.1) is 0 Å². The van der Waals surface area contributed by atoms with Crippen molar-refractivity contribution in [2.45, 2.75) is 26.8 Å². The van der Waals surface area contributed by atoms with Crippen molar-refractivity contribution >= 4 is 11.6 Å². The highest BCUT2D eigenvalue weighted by Gasteiger charge is 2.22. The van der Waals surface area contributed by atoms with Crippen LogP contribution in [0.2, 0.25) is 5.02 Å². The molecule has 2 aromatic carbocycles. The predicted molar refractivity (Wildman–Crippen MR) is 93.8 cm³/mol. The van der Waals surface area contributed by atoms with Crippen LogP contribution < -0.4 is 4.74 Å². The van der Waals surface area contributed by atoms with E-state index in [1.807, 2.05) is 37.3 Å². The van der Waals surface area contributed by atoms with Crippen molar-refractivity contribution < 1.29 is 4.74 Å². The molecule has 22 heavy (non-hydrogen) atoms. The van der Waals surface area contributed by atoms with Crippen LogP contribution in [0.5, 0.6) is 5.75 Å². The van der Waals surface area contributed by atoms with Gasteiger partial charge in [0.15, 0.2) is 0 Å². The van der Waals surface area contributed by atoms with Crippen molar-refractivity contribution in [1.29, 1.82) is 0 Å². The van der Waals surface area contributed by atoms with Crippen LogP contribution in [-0.2, 0) is 0 Å². The highest BCUT2D eigenvalue weighted by molar-refractivity contribution is 6.31. The van der Waals surface area contributed by atoms with Crippen molar-refractivity contribution in [3.63, 3.8) is 0 Å². The van der Waals surface area contributed by atoms with Crippen molar-refractivity contribution in [3.8, 4) is 5.75 Å². The summed E-state index contributed by atoms with van der Waals surface area (Å²) >= 11 is 6.46. The lowest BCUT2D eigenvalue weighted by atomic mass is 9.96. The summed E-state index contributed by atoms with van der Waals surface area (Å²) in [7, 11) is 0. The van der Waals surface area contributed by atoms with Gasteiger partial charge in [0.25, 0.3) is 0 Å². The molecule has 0 radical (unpaired) electrons. The smallest absolute Gasteiger partial charge is 0.119 e. The molecule has 0 aliphatic heterocycles. The fourth-order valence-corrected chi connectivity index (χ4v) is 3.02. The molecule has 0 amide bonds. The van der Waals surface area contributed by atoms with Gasteiger partial charge in [-0.2, -0.15) is 0 Å². The molecule has 0 saturated heterocycles. The average Bonchev–Trinajstić information content (AvgIpc) is 2.55. The Balaban J connectivity index is 2.42. The van der Waals surface area contributed by atoms with Crippen LogP contribution >= 0.6 is 11.6 Å². The summed E-state index contributed by atoms with van der Waals surface area (Å²) in [6.07, 6.45) is 0. The van der Waals surface area contributed by atoms with E-state index in [0.717, 1.165) is 29.4 Å². The van der Waals surface area contributed by atoms with Gasteiger partial charge in [-0.3, -0.25) is 4.90 Å². The zero-order valence-electron chi connectivity index (χ0n) is 13.6. The molecule has 1 unspecified atom stereocenters. The monoisotopic (exact) mass is 317 g/mol. The molecule has 2 rings (SSSR count). The van der Waals surface area contributed by atoms with E-state index in [9.17, 15) is 0 Å². The molecule has 0 fully saturated rings. The molecule has 2 nitrogen and oxygen atoms in total. The average molecular weight is 318 g/mol. The topological polar surface area (TPSA) is 12.5 Å². The molecular weight excluding hydrogens is 294 g/mol. The first kappa shape index (κ1) is 16.9. The van der Waals surface area contributed by atoms with Gasteiger partial charge in [-0.1, -0.05) is 55.8 Å². The fraction of sp³-hybridized carbons (Fsp3) is 0.368. The van der Waals surface area contributed by atoms with Crippen molar-refractivity contribution in [2.75, 3.05) is 19.7 Å². The highest BCUT2D eigenvalue weighted by Crippen LogP contribution is 2.33. The second-order valence-electron chi connectivity index (χ2n) is 5.15. The first-order chi connectivity index (χ1) is 10.7. The van der Waals surface area contributed by atoms with Crippen molar-refractivity contribution in [3.05, 3.63) is 64.7 Å². The summed E-state index contributed by atoms with van der Waals surface area (Å²) < 4.78 is 5.54. The molecule has 0 heterocycles. The van der Waals surface area contributed by atoms with E-state index >= 15 is 0 Å². The Kier molecular flexibility index (Phi) is 6.29. The van der Waals surface area contributed by atoms with E-state index in [4.69, 9.17) is 16.3 Å². The lowest BCUT2D eigenvalue weighted by Gasteiger charge is -2.31. The summed E-state index contributed by atoms with van der Waals surface area (Å²) in [5.74, 6) is 0.906. The molecule has 1 atom stereocenters. The maximum absolute atomic E-state index is 6.46. The molecule has 0 aliphatic carbocycles. The normalized spacial score (nSPS) is 12.4. The van der Waals surface area contributed by atoms with Gasteiger partial charge >= 0.3 is 0 Å². The summed E-state index contributed by atoms with van der Waals surface area (Å²) in [5.41, 5.74) is 2.39. The van der Waals surface area contributed by atoms with Crippen molar-refractivity contribution in [1.82, 2.24) is 4.90 Å². The summed E-state index contributed by atoms with van der Waals surface area (Å²) in [6, 6.07) is 16.6. The molecule has 0 aromatic heterocycles. The molecule has 0 aliphatic rings. The molecule has 0 saturated carbocycles. The number of benzene rings is 2. The molecule has 0 spiro atoms. The molecule has 0 N–H and O–H groups in total. The Morgan fingerprint density at radius 3 is 2.14 bits per heavy atom. The first-order valence-electron chi connectivity index (χ1n) is 7.92. The number of hydrogen-bond donors (Lipinski definition) is 0. The number of rotatable bonds is 7. The standard InChI is InChI=1S/C19H24ClNO/c1-4-21(5-2)19(17-9-7-8-10-18(17)20)15-11-13-16(14-12-15)22-6-3/h7-14,19H,4-6H2,1-3H3. The number of hydrogen-bond acceptors (Lipinski definition) is 2. The van der Waals surface area contributed by atoms with Gasteiger partial charge < -0.3 is 4.74 Å². The maximum Gasteiger partial charge on any atom is 0.119 e. The minimum absolute atomic E-state index is 0.166.